The number of rotatable bonds is 2. The Kier molecular flexibility index (Phi) is 4.10. The zero-order valence-corrected chi connectivity index (χ0v) is 11.1. The van der Waals surface area contributed by atoms with Gasteiger partial charge in [-0.2, -0.15) is 0 Å². The van der Waals surface area contributed by atoms with Crippen molar-refractivity contribution in [3.63, 3.8) is 0 Å². The van der Waals surface area contributed by atoms with Gasteiger partial charge in [0.25, 0.3) is 0 Å². The van der Waals surface area contributed by atoms with Gasteiger partial charge in [-0.15, -0.1) is 13.2 Å². The molecule has 0 saturated carbocycles. The Labute approximate surface area is 106 Å². The summed E-state index contributed by atoms with van der Waals surface area (Å²) in [5, 5.41) is 0. The molecule has 0 aliphatic carbocycles. The van der Waals surface area contributed by atoms with Gasteiger partial charge in [-0.05, 0) is 50.7 Å². The van der Waals surface area contributed by atoms with E-state index in [-0.39, 0.29) is 10.2 Å². The summed E-state index contributed by atoms with van der Waals surface area (Å²) in [6.07, 6.45) is -4.69. The zero-order valence-electron chi connectivity index (χ0n) is 7.36. The van der Waals surface area contributed by atoms with Crippen LogP contribution in [0.1, 0.15) is 0 Å². The van der Waals surface area contributed by atoms with Crippen molar-refractivity contribution in [1.82, 2.24) is 0 Å². The average molecular weight is 397 g/mol. The predicted octanol–water partition coefficient (Wildman–Crippen LogP) is 3.96. The Morgan fingerprint density at radius 1 is 1.27 bits per heavy atom. The number of methoxy groups -OCH3 is 1. The molecule has 84 valence electrons. The minimum atomic E-state index is -4.69. The molecular weight excluding hydrogens is 392 g/mol. The van der Waals surface area contributed by atoms with Crippen molar-refractivity contribution in [2.45, 2.75) is 6.36 Å². The third kappa shape index (κ3) is 3.71. The second-order valence-electron chi connectivity index (χ2n) is 2.46. The second kappa shape index (κ2) is 4.77. The van der Waals surface area contributed by atoms with Crippen LogP contribution in [0.4, 0.5) is 13.2 Å². The molecule has 0 amide bonds. The molecule has 0 N–H and O–H groups in total. The van der Waals surface area contributed by atoms with Gasteiger partial charge in [0, 0.05) is 0 Å². The van der Waals surface area contributed by atoms with Gasteiger partial charge in [0.1, 0.15) is 11.5 Å². The summed E-state index contributed by atoms with van der Waals surface area (Å²) >= 11 is 4.83. The van der Waals surface area contributed by atoms with E-state index in [9.17, 15) is 13.2 Å². The molecule has 15 heavy (non-hydrogen) atoms. The first-order valence-corrected chi connectivity index (χ1v) is 5.49. The molecule has 7 heteroatoms. The highest BCUT2D eigenvalue weighted by molar-refractivity contribution is 14.1. The minimum Gasteiger partial charge on any atom is -0.496 e. The van der Waals surface area contributed by atoms with Crippen molar-refractivity contribution in [3.05, 3.63) is 20.2 Å². The highest BCUT2D eigenvalue weighted by Gasteiger charge is 2.32. The van der Waals surface area contributed by atoms with E-state index in [0.717, 1.165) is 0 Å². The monoisotopic (exact) mass is 396 g/mol. The molecule has 0 aliphatic heterocycles. The van der Waals surface area contributed by atoms with E-state index < -0.39 is 6.36 Å². The summed E-state index contributed by atoms with van der Waals surface area (Å²) in [7, 11) is 1.44. The van der Waals surface area contributed by atoms with Gasteiger partial charge in [0.2, 0.25) is 0 Å². The van der Waals surface area contributed by atoms with E-state index in [0.29, 0.717) is 9.32 Å². The van der Waals surface area contributed by atoms with Crippen LogP contribution in [0.5, 0.6) is 11.5 Å². The molecule has 0 heterocycles. The van der Waals surface area contributed by atoms with Crippen LogP contribution in [0, 0.1) is 3.57 Å². The van der Waals surface area contributed by atoms with E-state index in [1.165, 1.54) is 19.2 Å². The number of alkyl halides is 3. The molecule has 0 atom stereocenters. The number of hydrogen-bond acceptors (Lipinski definition) is 2. The Morgan fingerprint density at radius 2 is 1.87 bits per heavy atom. The standard InChI is InChI=1S/C8H5BrF3IO2/c1-14-7-2-4(9)6(3-5(7)13)15-8(10,11)12/h2-3H,1H3. The lowest BCUT2D eigenvalue weighted by molar-refractivity contribution is -0.274. The summed E-state index contributed by atoms with van der Waals surface area (Å²) < 4.78 is 45.3. The lowest BCUT2D eigenvalue weighted by atomic mass is 10.3. The molecule has 1 aromatic carbocycles. The largest absolute Gasteiger partial charge is 0.573 e. The van der Waals surface area contributed by atoms with E-state index in [4.69, 9.17) is 4.74 Å². The van der Waals surface area contributed by atoms with Crippen LogP contribution in [0.3, 0.4) is 0 Å². The summed E-state index contributed by atoms with van der Waals surface area (Å²) in [5.74, 6) is 0.199. The molecule has 0 aromatic heterocycles. The number of halogens is 5. The van der Waals surface area contributed by atoms with Crippen LogP contribution in [0.15, 0.2) is 16.6 Å². The van der Waals surface area contributed by atoms with Gasteiger partial charge in [-0.25, -0.2) is 0 Å². The van der Waals surface area contributed by atoms with Gasteiger partial charge < -0.3 is 9.47 Å². The van der Waals surface area contributed by atoms with Gasteiger partial charge in [0.05, 0.1) is 15.2 Å². The minimum absolute atomic E-state index is 0.192. The van der Waals surface area contributed by atoms with Gasteiger partial charge in [0.15, 0.2) is 0 Å². The van der Waals surface area contributed by atoms with Crippen LogP contribution >= 0.6 is 38.5 Å². The lowest BCUT2D eigenvalue weighted by Crippen LogP contribution is -2.17. The van der Waals surface area contributed by atoms with Crippen molar-refractivity contribution in [2.24, 2.45) is 0 Å². The lowest BCUT2D eigenvalue weighted by Gasteiger charge is -2.12. The Hall–Kier alpha value is -0.180. The summed E-state index contributed by atoms with van der Waals surface area (Å²) in [5.41, 5.74) is 0. The summed E-state index contributed by atoms with van der Waals surface area (Å²) in [4.78, 5) is 0. The number of hydrogen-bond donors (Lipinski definition) is 0. The molecular formula is C8H5BrF3IO2. The van der Waals surface area contributed by atoms with E-state index in [2.05, 4.69) is 20.7 Å². The molecule has 0 spiro atoms. The maximum atomic E-state index is 12.0. The molecule has 0 aliphatic rings. The zero-order chi connectivity index (χ0) is 11.6. The quantitative estimate of drug-likeness (QED) is 0.704. The first kappa shape index (κ1) is 12.9. The van der Waals surface area contributed by atoms with Crippen molar-refractivity contribution in [1.29, 1.82) is 0 Å². The first-order chi connectivity index (χ1) is 6.83. The fourth-order valence-electron chi connectivity index (χ4n) is 0.870. The highest BCUT2D eigenvalue weighted by Crippen LogP contribution is 2.36. The first-order valence-electron chi connectivity index (χ1n) is 3.62. The molecule has 0 unspecified atom stereocenters. The smallest absolute Gasteiger partial charge is 0.496 e. The van der Waals surface area contributed by atoms with Crippen LogP contribution in [-0.2, 0) is 0 Å². The van der Waals surface area contributed by atoms with Crippen molar-refractivity contribution >= 4 is 38.5 Å². The fourth-order valence-corrected chi connectivity index (χ4v) is 1.93. The van der Waals surface area contributed by atoms with Crippen LogP contribution in [0.25, 0.3) is 0 Å². The van der Waals surface area contributed by atoms with Crippen molar-refractivity contribution in [2.75, 3.05) is 7.11 Å². The van der Waals surface area contributed by atoms with Gasteiger partial charge in [-0.1, -0.05) is 0 Å². The average Bonchev–Trinajstić information content (AvgIpc) is 2.08. The molecule has 0 saturated heterocycles. The molecule has 0 bridgehead atoms. The van der Waals surface area contributed by atoms with Crippen molar-refractivity contribution < 1.29 is 22.6 Å². The number of benzene rings is 1. The molecule has 2 nitrogen and oxygen atoms in total. The third-order valence-corrected chi connectivity index (χ3v) is 2.89. The Morgan fingerprint density at radius 3 is 2.33 bits per heavy atom. The van der Waals surface area contributed by atoms with Gasteiger partial charge >= 0.3 is 6.36 Å². The normalized spacial score (nSPS) is 11.3. The molecule has 1 aromatic rings. The van der Waals surface area contributed by atoms with Crippen molar-refractivity contribution in [3.8, 4) is 11.5 Å². The molecule has 1 rings (SSSR count). The third-order valence-electron chi connectivity index (χ3n) is 1.43. The predicted molar refractivity (Wildman–Crippen MR) is 60.1 cm³/mol. The second-order valence-corrected chi connectivity index (χ2v) is 4.48. The van der Waals surface area contributed by atoms with Crippen LogP contribution in [-0.4, -0.2) is 13.5 Å². The highest BCUT2D eigenvalue weighted by atomic mass is 127. The SMILES string of the molecule is COc1cc(Br)c(OC(F)(F)F)cc1I. The van der Waals surface area contributed by atoms with E-state index in [1.54, 1.807) is 0 Å². The summed E-state index contributed by atoms with van der Waals surface area (Å²) in [6, 6.07) is 2.67. The maximum Gasteiger partial charge on any atom is 0.573 e. The molecule has 0 fully saturated rings. The number of ether oxygens (including phenoxy) is 2. The topological polar surface area (TPSA) is 18.5 Å². The Balaban J connectivity index is 3.05. The van der Waals surface area contributed by atoms with Crippen LogP contribution in [0.2, 0.25) is 0 Å². The van der Waals surface area contributed by atoms with E-state index in [1.807, 2.05) is 22.6 Å². The van der Waals surface area contributed by atoms with E-state index >= 15 is 0 Å². The maximum absolute atomic E-state index is 12.0. The van der Waals surface area contributed by atoms with Crippen LogP contribution < -0.4 is 9.47 Å². The fraction of sp³-hybridized carbons (Fsp3) is 0.250. The van der Waals surface area contributed by atoms with Gasteiger partial charge in [-0.3, -0.25) is 0 Å². The Bertz CT molecular complexity index is 368. The molecule has 0 radical (unpaired) electrons. The summed E-state index contributed by atoms with van der Waals surface area (Å²) in [6.45, 7) is 0.